The zero-order valence-electron chi connectivity index (χ0n) is 30.7. The molecular formula is C52H32N4O. The lowest BCUT2D eigenvalue weighted by Crippen LogP contribution is -2.00. The molecule has 0 aliphatic carbocycles. The second-order valence-corrected chi connectivity index (χ2v) is 14.3. The Morgan fingerprint density at radius 1 is 0.316 bits per heavy atom. The van der Waals surface area contributed by atoms with E-state index in [0.717, 1.165) is 88.3 Å². The quantitative estimate of drug-likeness (QED) is 0.160. The lowest BCUT2D eigenvalue weighted by atomic mass is 9.97. The minimum absolute atomic E-state index is 0.610. The molecule has 11 rings (SSSR count). The van der Waals surface area contributed by atoms with E-state index < -0.39 is 0 Å². The predicted molar refractivity (Wildman–Crippen MR) is 233 cm³/mol. The van der Waals surface area contributed by atoms with Crippen molar-refractivity contribution < 1.29 is 4.42 Å². The molecule has 0 N–H and O–H groups in total. The fourth-order valence-corrected chi connectivity index (χ4v) is 7.83. The Bertz CT molecular complexity index is 3280. The molecule has 3 aromatic heterocycles. The second-order valence-electron chi connectivity index (χ2n) is 14.3. The first-order chi connectivity index (χ1) is 28.2. The highest BCUT2D eigenvalue weighted by Gasteiger charge is 2.19. The van der Waals surface area contributed by atoms with Crippen molar-refractivity contribution in [1.82, 2.24) is 19.9 Å². The number of nitrogens with zero attached hydrogens (tertiary/aromatic N) is 4. The summed E-state index contributed by atoms with van der Waals surface area (Å²) in [5, 5.41) is 5.37. The molecule has 0 fully saturated rings. The van der Waals surface area contributed by atoms with Gasteiger partial charge in [0.05, 0.1) is 16.6 Å². The molecule has 0 saturated carbocycles. The number of fused-ring (bicyclic) bond motifs is 6. The summed E-state index contributed by atoms with van der Waals surface area (Å²) in [6, 6.07) is 66.9. The Hall–Kier alpha value is -7.76. The van der Waals surface area contributed by atoms with Gasteiger partial charge >= 0.3 is 0 Å². The normalized spacial score (nSPS) is 11.5. The number of para-hydroxylation sites is 1. The average Bonchev–Trinajstić information content (AvgIpc) is 3.69. The number of hydrogen-bond acceptors (Lipinski definition) is 5. The Kier molecular flexibility index (Phi) is 7.74. The summed E-state index contributed by atoms with van der Waals surface area (Å²) in [6.45, 7) is 0. The maximum absolute atomic E-state index is 6.61. The van der Waals surface area contributed by atoms with Crippen molar-refractivity contribution in [3.8, 4) is 67.7 Å². The molecule has 0 aliphatic heterocycles. The van der Waals surface area contributed by atoms with Crippen LogP contribution in [0.4, 0.5) is 0 Å². The van der Waals surface area contributed by atoms with Gasteiger partial charge in [-0.2, -0.15) is 0 Å². The Balaban J connectivity index is 1.03. The molecule has 0 amide bonds. The van der Waals surface area contributed by atoms with Crippen LogP contribution in [0.2, 0.25) is 0 Å². The molecule has 0 radical (unpaired) electrons. The van der Waals surface area contributed by atoms with E-state index in [0.29, 0.717) is 17.5 Å². The van der Waals surface area contributed by atoms with Crippen LogP contribution in [0.1, 0.15) is 0 Å². The number of benzene rings is 8. The molecule has 0 bridgehead atoms. The van der Waals surface area contributed by atoms with Crippen LogP contribution in [0.25, 0.3) is 111 Å². The van der Waals surface area contributed by atoms with E-state index in [1.165, 1.54) is 5.56 Å². The van der Waals surface area contributed by atoms with Crippen LogP contribution in [0.15, 0.2) is 199 Å². The van der Waals surface area contributed by atoms with Crippen LogP contribution < -0.4 is 0 Å². The van der Waals surface area contributed by atoms with E-state index in [2.05, 4.69) is 146 Å². The Morgan fingerprint density at radius 2 is 0.807 bits per heavy atom. The standard InChI is InChI=1S/C52H32N4O/c1-3-13-33(14-4-1)34-25-27-36(28-26-34)51-54-50(35-15-5-2-6-16-35)55-52(56-51)42-22-12-20-38(30-42)37-19-11-21-41(29-37)48-47-43-23-9-10-24-46(43)57-49(47)44-31-39-17-7-8-18-40(39)32-45(44)53-48/h1-32H. The predicted octanol–water partition coefficient (Wildman–Crippen LogP) is 13.5. The molecule has 0 atom stereocenters. The minimum Gasteiger partial charge on any atom is -0.455 e. The van der Waals surface area contributed by atoms with Crippen molar-refractivity contribution >= 4 is 43.6 Å². The lowest BCUT2D eigenvalue weighted by molar-refractivity contribution is 0.672. The Labute approximate surface area is 328 Å². The maximum Gasteiger partial charge on any atom is 0.164 e. The second kappa shape index (κ2) is 13.5. The summed E-state index contributed by atoms with van der Waals surface area (Å²) in [5.41, 5.74) is 11.7. The molecular weight excluding hydrogens is 697 g/mol. The van der Waals surface area contributed by atoms with Crippen molar-refractivity contribution in [2.24, 2.45) is 0 Å². The number of pyridine rings is 1. The van der Waals surface area contributed by atoms with Gasteiger partial charge in [0.1, 0.15) is 11.2 Å². The van der Waals surface area contributed by atoms with Crippen LogP contribution in [0, 0.1) is 0 Å². The number of rotatable bonds is 6. The van der Waals surface area contributed by atoms with Gasteiger partial charge in [-0.3, -0.25) is 0 Å². The summed E-state index contributed by atoms with van der Waals surface area (Å²) >= 11 is 0. The van der Waals surface area contributed by atoms with Crippen molar-refractivity contribution in [2.75, 3.05) is 0 Å². The monoisotopic (exact) mass is 728 g/mol. The molecule has 57 heavy (non-hydrogen) atoms. The number of furan rings is 1. The Morgan fingerprint density at radius 3 is 1.53 bits per heavy atom. The highest BCUT2D eigenvalue weighted by molar-refractivity contribution is 6.20. The van der Waals surface area contributed by atoms with Crippen LogP contribution in [0.3, 0.4) is 0 Å². The van der Waals surface area contributed by atoms with Gasteiger partial charge in [-0.15, -0.1) is 0 Å². The van der Waals surface area contributed by atoms with E-state index in [9.17, 15) is 0 Å². The van der Waals surface area contributed by atoms with Gasteiger partial charge in [-0.25, -0.2) is 19.9 Å². The van der Waals surface area contributed by atoms with Gasteiger partial charge in [0.25, 0.3) is 0 Å². The van der Waals surface area contributed by atoms with E-state index >= 15 is 0 Å². The minimum atomic E-state index is 0.610. The van der Waals surface area contributed by atoms with Crippen molar-refractivity contribution in [3.63, 3.8) is 0 Å². The summed E-state index contributed by atoms with van der Waals surface area (Å²) in [7, 11) is 0. The summed E-state index contributed by atoms with van der Waals surface area (Å²) in [6.07, 6.45) is 0. The van der Waals surface area contributed by atoms with Crippen LogP contribution in [-0.4, -0.2) is 19.9 Å². The molecule has 0 spiro atoms. The van der Waals surface area contributed by atoms with Gasteiger partial charge < -0.3 is 4.42 Å². The van der Waals surface area contributed by atoms with Gasteiger partial charge in [-0.05, 0) is 63.4 Å². The van der Waals surface area contributed by atoms with Gasteiger partial charge in [0.2, 0.25) is 0 Å². The van der Waals surface area contributed by atoms with Crippen LogP contribution >= 0.6 is 0 Å². The third kappa shape index (κ3) is 5.90. The molecule has 11 aromatic rings. The van der Waals surface area contributed by atoms with Crippen molar-refractivity contribution in [1.29, 1.82) is 0 Å². The molecule has 266 valence electrons. The zero-order chi connectivity index (χ0) is 37.7. The average molecular weight is 729 g/mol. The third-order valence-electron chi connectivity index (χ3n) is 10.7. The zero-order valence-corrected chi connectivity index (χ0v) is 30.7. The maximum atomic E-state index is 6.61. The SMILES string of the molecule is c1ccc(-c2ccc(-c3nc(-c4ccccc4)nc(-c4cccc(-c5cccc(-c6nc7cc8ccccc8cc7c7oc8ccccc8c67)c5)c4)n3)cc2)cc1. The highest BCUT2D eigenvalue weighted by Crippen LogP contribution is 2.41. The number of hydrogen-bond donors (Lipinski definition) is 0. The molecule has 5 nitrogen and oxygen atoms in total. The van der Waals surface area contributed by atoms with Crippen LogP contribution in [-0.2, 0) is 0 Å². The molecule has 0 unspecified atom stereocenters. The first-order valence-electron chi connectivity index (χ1n) is 19.0. The topological polar surface area (TPSA) is 64.7 Å². The summed E-state index contributed by atoms with van der Waals surface area (Å²) in [5.74, 6) is 1.86. The fraction of sp³-hybridized carbons (Fsp3) is 0. The first kappa shape index (κ1) is 32.7. The molecule has 0 aliphatic rings. The van der Waals surface area contributed by atoms with E-state index in [1.807, 2.05) is 48.5 Å². The fourth-order valence-electron chi connectivity index (χ4n) is 7.83. The third-order valence-corrected chi connectivity index (χ3v) is 10.7. The molecule has 8 aromatic carbocycles. The first-order valence-corrected chi connectivity index (χ1v) is 19.0. The van der Waals surface area contributed by atoms with Crippen LogP contribution in [0.5, 0.6) is 0 Å². The number of aromatic nitrogens is 4. The molecule has 0 saturated heterocycles. The molecule has 3 heterocycles. The van der Waals surface area contributed by atoms with Crippen molar-refractivity contribution in [2.45, 2.75) is 0 Å². The van der Waals surface area contributed by atoms with Gasteiger partial charge in [-0.1, -0.05) is 164 Å². The van der Waals surface area contributed by atoms with E-state index in [1.54, 1.807) is 0 Å². The molecule has 5 heteroatoms. The van der Waals surface area contributed by atoms with Crippen molar-refractivity contribution in [3.05, 3.63) is 194 Å². The largest absolute Gasteiger partial charge is 0.455 e. The van der Waals surface area contributed by atoms with E-state index in [4.69, 9.17) is 24.4 Å². The summed E-state index contributed by atoms with van der Waals surface area (Å²) in [4.78, 5) is 20.4. The highest BCUT2D eigenvalue weighted by atomic mass is 16.3. The van der Waals surface area contributed by atoms with E-state index in [-0.39, 0.29) is 0 Å². The smallest absolute Gasteiger partial charge is 0.164 e. The van der Waals surface area contributed by atoms with Gasteiger partial charge in [0.15, 0.2) is 17.5 Å². The van der Waals surface area contributed by atoms with Gasteiger partial charge in [0, 0.05) is 33.0 Å². The lowest BCUT2D eigenvalue weighted by Gasteiger charge is -2.11. The summed E-state index contributed by atoms with van der Waals surface area (Å²) < 4.78 is 6.61.